The third-order valence-corrected chi connectivity index (χ3v) is 3.40. The zero-order chi connectivity index (χ0) is 13.2. The first-order valence-corrected chi connectivity index (χ1v) is 6.96. The molecule has 0 N–H and O–H groups in total. The van der Waals surface area contributed by atoms with E-state index in [2.05, 4.69) is 57.1 Å². The fourth-order valence-electron chi connectivity index (χ4n) is 2.07. The lowest BCUT2D eigenvalue weighted by molar-refractivity contribution is 0.528. The van der Waals surface area contributed by atoms with Crippen molar-refractivity contribution in [2.75, 3.05) is 0 Å². The fraction of sp³-hybridized carbons (Fsp3) is 0.200. The average molecular weight is 317 g/mol. The van der Waals surface area contributed by atoms with Crippen molar-refractivity contribution in [3.8, 4) is 0 Å². The fourth-order valence-corrected chi connectivity index (χ4v) is 2.38. The van der Waals surface area contributed by atoms with Crippen LogP contribution >= 0.6 is 15.9 Å². The quantitative estimate of drug-likeness (QED) is 0.731. The Morgan fingerprint density at radius 1 is 1.21 bits per heavy atom. The summed E-state index contributed by atoms with van der Waals surface area (Å²) in [5.41, 5.74) is 3.98. The van der Waals surface area contributed by atoms with E-state index in [0.29, 0.717) is 5.65 Å². The summed E-state index contributed by atoms with van der Waals surface area (Å²) in [6.07, 6.45) is 3.45. The highest BCUT2D eigenvalue weighted by Crippen LogP contribution is 2.19. The third kappa shape index (κ3) is 2.84. The molecule has 3 nitrogen and oxygen atoms in total. The molecule has 96 valence electrons. The van der Waals surface area contributed by atoms with E-state index in [0.717, 1.165) is 28.8 Å². The van der Waals surface area contributed by atoms with Gasteiger partial charge in [-0.3, -0.25) is 0 Å². The molecular weight excluding hydrogens is 304 g/mol. The molecule has 3 aromatic rings. The molecule has 0 fully saturated rings. The van der Waals surface area contributed by atoms with Crippen LogP contribution in [0.3, 0.4) is 0 Å². The van der Waals surface area contributed by atoms with E-state index in [1.807, 2.05) is 6.07 Å². The zero-order valence-corrected chi connectivity index (χ0v) is 12.1. The summed E-state index contributed by atoms with van der Waals surface area (Å²) >= 11 is 3.38. The van der Waals surface area contributed by atoms with Crippen LogP contribution in [0.25, 0.3) is 11.2 Å². The first kappa shape index (κ1) is 12.4. The summed E-state index contributed by atoms with van der Waals surface area (Å²) in [6, 6.07) is 10.4. The Labute approximate surface area is 119 Å². The standard InChI is InChI=1S/C15H13BrN2O/c1-10-3-2-4-11(7-10)5-6-14-18-15-13(19-14)8-12(16)9-17-15/h2-4,7-9H,5-6H2,1H3. The normalized spacial score (nSPS) is 11.1. The van der Waals surface area contributed by atoms with Gasteiger partial charge in [0.15, 0.2) is 17.1 Å². The van der Waals surface area contributed by atoms with E-state index in [9.17, 15) is 0 Å². The maximum Gasteiger partial charge on any atom is 0.198 e. The molecule has 0 amide bonds. The molecule has 2 aromatic heterocycles. The van der Waals surface area contributed by atoms with E-state index < -0.39 is 0 Å². The van der Waals surface area contributed by atoms with Crippen LogP contribution in [0.5, 0.6) is 0 Å². The van der Waals surface area contributed by atoms with Gasteiger partial charge in [0.1, 0.15) is 0 Å². The highest BCUT2D eigenvalue weighted by Gasteiger charge is 2.07. The van der Waals surface area contributed by atoms with Gasteiger partial charge in [0.2, 0.25) is 0 Å². The predicted molar refractivity (Wildman–Crippen MR) is 78.1 cm³/mol. The molecule has 0 spiro atoms. The minimum atomic E-state index is 0.669. The lowest BCUT2D eigenvalue weighted by Gasteiger charge is -1.99. The highest BCUT2D eigenvalue weighted by molar-refractivity contribution is 9.10. The number of pyridine rings is 1. The Balaban J connectivity index is 1.78. The van der Waals surface area contributed by atoms with Crippen LogP contribution in [0.4, 0.5) is 0 Å². The van der Waals surface area contributed by atoms with Crippen LogP contribution in [-0.4, -0.2) is 9.97 Å². The summed E-state index contributed by atoms with van der Waals surface area (Å²) in [7, 11) is 0. The molecule has 2 heterocycles. The second-order valence-electron chi connectivity index (χ2n) is 4.57. The van der Waals surface area contributed by atoms with Crippen molar-refractivity contribution in [3.05, 3.63) is 58.0 Å². The van der Waals surface area contributed by atoms with Crippen LogP contribution in [0.1, 0.15) is 17.0 Å². The molecule has 0 aliphatic carbocycles. The van der Waals surface area contributed by atoms with Crippen molar-refractivity contribution < 1.29 is 4.42 Å². The van der Waals surface area contributed by atoms with Gasteiger partial charge in [-0.1, -0.05) is 29.8 Å². The van der Waals surface area contributed by atoms with Crippen LogP contribution in [0.2, 0.25) is 0 Å². The van der Waals surface area contributed by atoms with Crippen molar-refractivity contribution >= 4 is 27.2 Å². The number of benzene rings is 1. The first-order chi connectivity index (χ1) is 9.20. The Kier molecular flexibility index (Phi) is 3.34. The van der Waals surface area contributed by atoms with E-state index in [1.165, 1.54) is 11.1 Å². The van der Waals surface area contributed by atoms with Gasteiger partial charge in [-0.15, -0.1) is 0 Å². The summed E-state index contributed by atoms with van der Waals surface area (Å²) in [6.45, 7) is 2.10. The van der Waals surface area contributed by atoms with E-state index in [4.69, 9.17) is 4.42 Å². The molecule has 0 aliphatic heterocycles. The Morgan fingerprint density at radius 3 is 2.95 bits per heavy atom. The molecular formula is C15H13BrN2O. The highest BCUT2D eigenvalue weighted by atomic mass is 79.9. The number of oxazole rings is 1. The number of halogens is 1. The number of hydrogen-bond donors (Lipinski definition) is 0. The molecule has 0 radical (unpaired) electrons. The second kappa shape index (κ2) is 5.13. The number of fused-ring (bicyclic) bond motifs is 1. The van der Waals surface area contributed by atoms with Crippen molar-refractivity contribution in [1.82, 2.24) is 9.97 Å². The van der Waals surface area contributed by atoms with Crippen molar-refractivity contribution in [2.45, 2.75) is 19.8 Å². The molecule has 0 atom stereocenters. The summed E-state index contributed by atoms with van der Waals surface area (Å²) in [4.78, 5) is 8.61. The van der Waals surface area contributed by atoms with Gasteiger partial charge in [-0.2, -0.15) is 4.98 Å². The Hall–Kier alpha value is -1.68. The van der Waals surface area contributed by atoms with E-state index in [1.54, 1.807) is 6.20 Å². The van der Waals surface area contributed by atoms with E-state index >= 15 is 0 Å². The van der Waals surface area contributed by atoms with E-state index in [-0.39, 0.29) is 0 Å². The SMILES string of the molecule is Cc1cccc(CCc2nc3ncc(Br)cc3o2)c1. The van der Waals surface area contributed by atoms with Gasteiger partial charge < -0.3 is 4.42 Å². The molecule has 1 aromatic carbocycles. The largest absolute Gasteiger partial charge is 0.439 e. The summed E-state index contributed by atoms with van der Waals surface area (Å²) in [5.74, 6) is 0.738. The van der Waals surface area contributed by atoms with Crippen molar-refractivity contribution in [2.24, 2.45) is 0 Å². The zero-order valence-electron chi connectivity index (χ0n) is 10.6. The first-order valence-electron chi connectivity index (χ1n) is 6.17. The topological polar surface area (TPSA) is 38.9 Å². The molecule has 0 saturated carbocycles. The van der Waals surface area contributed by atoms with Gasteiger partial charge in [0.05, 0.1) is 0 Å². The Morgan fingerprint density at radius 2 is 2.11 bits per heavy atom. The van der Waals surface area contributed by atoms with Crippen LogP contribution in [0, 0.1) is 6.92 Å². The van der Waals surface area contributed by atoms with Gasteiger partial charge >= 0.3 is 0 Å². The maximum atomic E-state index is 5.70. The van der Waals surface area contributed by atoms with Gasteiger partial charge in [-0.05, 0) is 34.8 Å². The number of hydrogen-bond acceptors (Lipinski definition) is 3. The molecule has 19 heavy (non-hydrogen) atoms. The summed E-state index contributed by atoms with van der Waals surface area (Å²) < 4.78 is 6.60. The van der Waals surface area contributed by atoms with Crippen LogP contribution < -0.4 is 0 Å². The number of rotatable bonds is 3. The molecule has 0 unspecified atom stereocenters. The molecule has 0 saturated heterocycles. The van der Waals surface area contributed by atoms with Crippen molar-refractivity contribution in [3.63, 3.8) is 0 Å². The third-order valence-electron chi connectivity index (χ3n) is 2.97. The van der Waals surface area contributed by atoms with Gasteiger partial charge in [0.25, 0.3) is 0 Å². The van der Waals surface area contributed by atoms with Crippen molar-refractivity contribution in [1.29, 1.82) is 0 Å². The predicted octanol–water partition coefficient (Wildman–Crippen LogP) is 4.08. The number of nitrogens with zero attached hydrogens (tertiary/aromatic N) is 2. The van der Waals surface area contributed by atoms with Gasteiger partial charge in [-0.25, -0.2) is 4.98 Å². The molecule has 0 bridgehead atoms. The minimum absolute atomic E-state index is 0.669. The Bertz CT molecular complexity index is 721. The smallest absolute Gasteiger partial charge is 0.198 e. The van der Waals surface area contributed by atoms with Crippen LogP contribution in [-0.2, 0) is 12.8 Å². The molecule has 3 rings (SSSR count). The number of aryl methyl sites for hydroxylation is 3. The average Bonchev–Trinajstić information content (AvgIpc) is 2.78. The lowest BCUT2D eigenvalue weighted by Crippen LogP contribution is -1.91. The number of aromatic nitrogens is 2. The second-order valence-corrected chi connectivity index (χ2v) is 5.49. The maximum absolute atomic E-state index is 5.70. The van der Waals surface area contributed by atoms with Crippen LogP contribution in [0.15, 0.2) is 45.4 Å². The monoisotopic (exact) mass is 316 g/mol. The molecule has 4 heteroatoms. The van der Waals surface area contributed by atoms with Gasteiger partial charge in [0, 0.05) is 23.2 Å². The lowest BCUT2D eigenvalue weighted by atomic mass is 10.1. The minimum Gasteiger partial charge on any atom is -0.439 e. The summed E-state index contributed by atoms with van der Waals surface area (Å²) in [5, 5.41) is 0. The molecule has 0 aliphatic rings.